The Hall–Kier alpha value is -2.08. The molecule has 0 radical (unpaired) electrons. The van der Waals surface area contributed by atoms with Gasteiger partial charge in [0.05, 0.1) is 11.0 Å². The van der Waals surface area contributed by atoms with E-state index in [0.29, 0.717) is 31.7 Å². The van der Waals surface area contributed by atoms with Crippen molar-refractivity contribution in [1.29, 1.82) is 0 Å². The van der Waals surface area contributed by atoms with Crippen LogP contribution in [0.4, 0.5) is 9.18 Å². The molecule has 2 amide bonds. The average molecular weight is 381 g/mol. The molecule has 0 aliphatic rings. The van der Waals surface area contributed by atoms with E-state index in [1.54, 1.807) is 18.2 Å². The number of hydrogen-bond donors (Lipinski definition) is 2. The maximum absolute atomic E-state index is 13.4. The van der Waals surface area contributed by atoms with Gasteiger partial charge in [0.1, 0.15) is 18.2 Å². The standard InChI is InChI=1S/C17H18BrFN2O2/c18-14-6-2-4-8-16(14)23-12-11-21-17(22)20-10-9-13-5-1-3-7-15(13)19/h1-8H,9-12H2,(H2,20,21,22). The lowest BCUT2D eigenvalue weighted by Crippen LogP contribution is -2.38. The summed E-state index contributed by atoms with van der Waals surface area (Å²) in [6.07, 6.45) is 0.452. The fraction of sp³-hybridized carbons (Fsp3) is 0.235. The van der Waals surface area contributed by atoms with Crippen LogP contribution in [0.1, 0.15) is 5.56 Å². The van der Waals surface area contributed by atoms with Crippen LogP contribution in [0.3, 0.4) is 0 Å². The van der Waals surface area contributed by atoms with Gasteiger partial charge in [-0.15, -0.1) is 0 Å². The minimum absolute atomic E-state index is 0.253. The van der Waals surface area contributed by atoms with Crippen LogP contribution in [0, 0.1) is 5.82 Å². The Labute approximate surface area is 143 Å². The first kappa shape index (κ1) is 17.3. The maximum atomic E-state index is 13.4. The third kappa shape index (κ3) is 5.90. The Morgan fingerprint density at radius 1 is 1.04 bits per heavy atom. The van der Waals surface area contributed by atoms with Crippen molar-refractivity contribution < 1.29 is 13.9 Å². The van der Waals surface area contributed by atoms with Crippen molar-refractivity contribution in [3.63, 3.8) is 0 Å². The Morgan fingerprint density at radius 2 is 1.74 bits per heavy atom. The van der Waals surface area contributed by atoms with E-state index in [0.717, 1.165) is 10.2 Å². The Kier molecular flexibility index (Phi) is 6.87. The second kappa shape index (κ2) is 9.15. The van der Waals surface area contributed by atoms with Crippen molar-refractivity contribution in [3.8, 4) is 5.75 Å². The second-order valence-electron chi connectivity index (χ2n) is 4.80. The quantitative estimate of drug-likeness (QED) is 0.722. The van der Waals surface area contributed by atoms with E-state index in [9.17, 15) is 9.18 Å². The van der Waals surface area contributed by atoms with Gasteiger partial charge in [0.2, 0.25) is 0 Å². The van der Waals surface area contributed by atoms with Gasteiger partial charge in [-0.2, -0.15) is 0 Å². The molecule has 0 fully saturated rings. The van der Waals surface area contributed by atoms with E-state index in [-0.39, 0.29) is 11.8 Å². The molecule has 0 aliphatic heterocycles. The van der Waals surface area contributed by atoms with Gasteiger partial charge in [0, 0.05) is 6.54 Å². The summed E-state index contributed by atoms with van der Waals surface area (Å²) >= 11 is 3.38. The van der Waals surface area contributed by atoms with Crippen molar-refractivity contribution in [2.45, 2.75) is 6.42 Å². The topological polar surface area (TPSA) is 50.4 Å². The third-order valence-corrected chi connectivity index (χ3v) is 3.77. The Morgan fingerprint density at radius 3 is 2.52 bits per heavy atom. The zero-order chi connectivity index (χ0) is 16.5. The van der Waals surface area contributed by atoms with Crippen LogP contribution in [-0.2, 0) is 6.42 Å². The molecule has 6 heteroatoms. The van der Waals surface area contributed by atoms with Gasteiger partial charge in [-0.1, -0.05) is 30.3 Å². The molecular weight excluding hydrogens is 363 g/mol. The first-order valence-corrected chi connectivity index (χ1v) is 8.08. The molecule has 0 spiro atoms. The third-order valence-electron chi connectivity index (χ3n) is 3.12. The Balaban J connectivity index is 1.60. The smallest absolute Gasteiger partial charge is 0.314 e. The van der Waals surface area contributed by atoms with Gasteiger partial charge in [0.25, 0.3) is 0 Å². The highest BCUT2D eigenvalue weighted by Crippen LogP contribution is 2.23. The number of carbonyl (C=O) groups excluding carboxylic acids is 1. The number of ether oxygens (including phenoxy) is 1. The minimum atomic E-state index is -0.294. The van der Waals surface area contributed by atoms with E-state index in [4.69, 9.17) is 4.74 Å². The molecule has 0 heterocycles. The number of benzene rings is 2. The maximum Gasteiger partial charge on any atom is 0.314 e. The highest BCUT2D eigenvalue weighted by molar-refractivity contribution is 9.10. The second-order valence-corrected chi connectivity index (χ2v) is 5.66. The predicted molar refractivity (Wildman–Crippen MR) is 91.1 cm³/mol. The lowest BCUT2D eigenvalue weighted by Gasteiger charge is -2.10. The Bertz CT molecular complexity index is 652. The van der Waals surface area contributed by atoms with Crippen molar-refractivity contribution in [2.24, 2.45) is 0 Å². The summed E-state index contributed by atoms with van der Waals surface area (Å²) < 4.78 is 19.8. The summed E-state index contributed by atoms with van der Waals surface area (Å²) in [5.74, 6) is 0.478. The summed E-state index contributed by atoms with van der Waals surface area (Å²) in [6, 6.07) is 13.8. The number of rotatable bonds is 7. The summed E-state index contributed by atoms with van der Waals surface area (Å²) in [6.45, 7) is 1.12. The first-order chi connectivity index (χ1) is 11.2. The molecule has 0 atom stereocenters. The molecular formula is C17H18BrFN2O2. The molecule has 0 bridgehead atoms. The molecule has 0 aliphatic carbocycles. The largest absolute Gasteiger partial charge is 0.491 e. The van der Waals surface area contributed by atoms with Crippen molar-refractivity contribution in [2.75, 3.05) is 19.7 Å². The highest BCUT2D eigenvalue weighted by atomic mass is 79.9. The molecule has 122 valence electrons. The molecule has 2 aromatic carbocycles. The number of amides is 2. The summed E-state index contributed by atoms with van der Waals surface area (Å²) in [5, 5.41) is 5.38. The number of para-hydroxylation sites is 1. The molecule has 0 saturated heterocycles. The van der Waals surface area contributed by atoms with Crippen LogP contribution in [0.25, 0.3) is 0 Å². The molecule has 2 aromatic rings. The lowest BCUT2D eigenvalue weighted by atomic mass is 10.1. The molecule has 0 saturated carbocycles. The normalized spacial score (nSPS) is 10.2. The van der Waals surface area contributed by atoms with Crippen LogP contribution in [0.15, 0.2) is 53.0 Å². The molecule has 2 N–H and O–H groups in total. The van der Waals surface area contributed by atoms with Gasteiger partial charge < -0.3 is 15.4 Å². The van der Waals surface area contributed by atoms with Gasteiger partial charge in [-0.05, 0) is 46.1 Å². The molecule has 2 rings (SSSR count). The van der Waals surface area contributed by atoms with E-state index < -0.39 is 0 Å². The molecule has 23 heavy (non-hydrogen) atoms. The van der Waals surface area contributed by atoms with Crippen LogP contribution in [0.5, 0.6) is 5.75 Å². The van der Waals surface area contributed by atoms with E-state index in [1.807, 2.05) is 24.3 Å². The molecule has 0 unspecified atom stereocenters. The van der Waals surface area contributed by atoms with Crippen LogP contribution in [0.2, 0.25) is 0 Å². The zero-order valence-corrected chi connectivity index (χ0v) is 14.1. The number of urea groups is 1. The van der Waals surface area contributed by atoms with Gasteiger partial charge in [0.15, 0.2) is 0 Å². The summed E-state index contributed by atoms with van der Waals surface area (Å²) in [5.41, 5.74) is 0.588. The molecule has 0 aromatic heterocycles. The average Bonchev–Trinajstić information content (AvgIpc) is 2.55. The summed E-state index contributed by atoms with van der Waals surface area (Å²) in [7, 11) is 0. The first-order valence-electron chi connectivity index (χ1n) is 7.29. The zero-order valence-electron chi connectivity index (χ0n) is 12.5. The minimum Gasteiger partial charge on any atom is -0.491 e. The molecule has 4 nitrogen and oxygen atoms in total. The fourth-order valence-electron chi connectivity index (χ4n) is 1.96. The number of hydrogen-bond acceptors (Lipinski definition) is 2. The van der Waals surface area contributed by atoms with Crippen molar-refractivity contribution in [3.05, 3.63) is 64.4 Å². The summed E-state index contributed by atoms with van der Waals surface area (Å²) in [4.78, 5) is 11.6. The van der Waals surface area contributed by atoms with E-state index >= 15 is 0 Å². The fourth-order valence-corrected chi connectivity index (χ4v) is 2.36. The van der Waals surface area contributed by atoms with Gasteiger partial charge in [-0.3, -0.25) is 0 Å². The van der Waals surface area contributed by atoms with Gasteiger partial charge >= 0.3 is 6.03 Å². The van der Waals surface area contributed by atoms with Crippen LogP contribution >= 0.6 is 15.9 Å². The van der Waals surface area contributed by atoms with Crippen molar-refractivity contribution >= 4 is 22.0 Å². The predicted octanol–water partition coefficient (Wildman–Crippen LogP) is 3.51. The number of carbonyl (C=O) groups is 1. The lowest BCUT2D eigenvalue weighted by molar-refractivity contribution is 0.236. The van der Waals surface area contributed by atoms with Gasteiger partial charge in [-0.25, -0.2) is 9.18 Å². The number of nitrogens with one attached hydrogen (secondary N) is 2. The van der Waals surface area contributed by atoms with E-state index in [1.165, 1.54) is 6.07 Å². The van der Waals surface area contributed by atoms with E-state index in [2.05, 4.69) is 26.6 Å². The van der Waals surface area contributed by atoms with Crippen LogP contribution < -0.4 is 15.4 Å². The van der Waals surface area contributed by atoms with Crippen LogP contribution in [-0.4, -0.2) is 25.7 Å². The highest BCUT2D eigenvalue weighted by Gasteiger charge is 2.03. The monoisotopic (exact) mass is 380 g/mol. The SMILES string of the molecule is O=C(NCCOc1ccccc1Br)NCCc1ccccc1F. The number of halogens is 2. The van der Waals surface area contributed by atoms with Crippen molar-refractivity contribution in [1.82, 2.24) is 10.6 Å².